The van der Waals surface area contributed by atoms with E-state index in [-0.39, 0.29) is 28.6 Å². The second kappa shape index (κ2) is 6.84. The molecular formula is C23H18O4S. The fraction of sp³-hybridized carbons (Fsp3) is 0.130. The molecule has 0 amide bonds. The molecule has 4 nitrogen and oxygen atoms in total. The SMILES string of the molecule is Cc1ccc(S(=O)(=O)CCc2ccc3c(c2)C(=O)c2ccccc2C3=O)cc1. The van der Waals surface area contributed by atoms with Gasteiger partial charge in [0.1, 0.15) is 0 Å². The van der Waals surface area contributed by atoms with Crippen molar-refractivity contribution in [2.45, 2.75) is 18.2 Å². The summed E-state index contributed by atoms with van der Waals surface area (Å²) in [5.41, 5.74) is 3.23. The zero-order valence-corrected chi connectivity index (χ0v) is 16.1. The molecule has 0 saturated heterocycles. The Kier molecular flexibility index (Phi) is 4.47. The Hall–Kier alpha value is -3.05. The number of carbonyl (C=O) groups is 2. The number of sulfone groups is 1. The average molecular weight is 390 g/mol. The smallest absolute Gasteiger partial charge is 0.194 e. The molecule has 0 aromatic heterocycles. The summed E-state index contributed by atoms with van der Waals surface area (Å²) in [5, 5.41) is 0. The fourth-order valence-electron chi connectivity index (χ4n) is 3.42. The fourth-order valence-corrected chi connectivity index (χ4v) is 4.71. The molecule has 1 aliphatic rings. The summed E-state index contributed by atoms with van der Waals surface area (Å²) in [6.45, 7) is 1.90. The molecule has 0 heterocycles. The summed E-state index contributed by atoms with van der Waals surface area (Å²) in [5.74, 6) is -0.439. The second-order valence-electron chi connectivity index (χ2n) is 6.97. The van der Waals surface area contributed by atoms with E-state index in [1.807, 2.05) is 6.92 Å². The lowest BCUT2D eigenvalue weighted by molar-refractivity contribution is 0.0979. The molecule has 5 heteroatoms. The minimum absolute atomic E-state index is 0.0619. The van der Waals surface area contributed by atoms with E-state index in [1.165, 1.54) is 0 Å². The first-order valence-electron chi connectivity index (χ1n) is 8.97. The average Bonchev–Trinajstić information content (AvgIpc) is 2.71. The molecule has 0 unspecified atom stereocenters. The lowest BCUT2D eigenvalue weighted by Crippen LogP contribution is -2.21. The van der Waals surface area contributed by atoms with Crippen molar-refractivity contribution < 1.29 is 18.0 Å². The third-order valence-corrected chi connectivity index (χ3v) is 6.76. The second-order valence-corrected chi connectivity index (χ2v) is 9.07. The van der Waals surface area contributed by atoms with Gasteiger partial charge in [0.2, 0.25) is 0 Å². The Morgan fingerprint density at radius 3 is 1.93 bits per heavy atom. The molecule has 0 atom stereocenters. The summed E-state index contributed by atoms with van der Waals surface area (Å²) in [7, 11) is -3.42. The maximum absolute atomic E-state index is 12.8. The third kappa shape index (κ3) is 3.18. The lowest BCUT2D eigenvalue weighted by Gasteiger charge is -2.18. The van der Waals surface area contributed by atoms with Gasteiger partial charge < -0.3 is 0 Å². The normalized spacial score (nSPS) is 13.2. The van der Waals surface area contributed by atoms with E-state index in [0.717, 1.165) is 11.1 Å². The van der Waals surface area contributed by atoms with Gasteiger partial charge in [-0.25, -0.2) is 8.42 Å². The molecule has 0 spiro atoms. The van der Waals surface area contributed by atoms with Crippen LogP contribution in [0, 0.1) is 6.92 Å². The number of hydrogen-bond acceptors (Lipinski definition) is 4. The van der Waals surface area contributed by atoms with Gasteiger partial charge in [0.15, 0.2) is 21.4 Å². The predicted molar refractivity (Wildman–Crippen MR) is 107 cm³/mol. The first-order valence-corrected chi connectivity index (χ1v) is 10.6. The zero-order chi connectivity index (χ0) is 19.9. The minimum atomic E-state index is -3.42. The molecule has 0 radical (unpaired) electrons. The van der Waals surface area contributed by atoms with E-state index in [1.54, 1.807) is 66.7 Å². The number of aryl methyl sites for hydroxylation is 2. The number of rotatable bonds is 4. The highest BCUT2D eigenvalue weighted by molar-refractivity contribution is 7.91. The van der Waals surface area contributed by atoms with Crippen molar-refractivity contribution >= 4 is 21.4 Å². The van der Waals surface area contributed by atoms with Gasteiger partial charge in [-0.2, -0.15) is 0 Å². The molecule has 0 N–H and O–H groups in total. The van der Waals surface area contributed by atoms with Gasteiger partial charge in [-0.05, 0) is 37.1 Å². The van der Waals surface area contributed by atoms with E-state index in [4.69, 9.17) is 0 Å². The maximum atomic E-state index is 12.8. The van der Waals surface area contributed by atoms with Crippen LogP contribution in [0.3, 0.4) is 0 Å². The van der Waals surface area contributed by atoms with Crippen LogP contribution in [0.15, 0.2) is 71.6 Å². The van der Waals surface area contributed by atoms with Crippen molar-refractivity contribution in [3.8, 4) is 0 Å². The predicted octanol–water partition coefficient (Wildman–Crippen LogP) is 3.79. The number of hydrogen-bond donors (Lipinski definition) is 0. The van der Waals surface area contributed by atoms with Crippen molar-refractivity contribution in [3.05, 3.63) is 100 Å². The highest BCUT2D eigenvalue weighted by Crippen LogP contribution is 2.28. The van der Waals surface area contributed by atoms with Crippen molar-refractivity contribution in [1.82, 2.24) is 0 Å². The van der Waals surface area contributed by atoms with Crippen LogP contribution in [0.5, 0.6) is 0 Å². The van der Waals surface area contributed by atoms with Gasteiger partial charge in [0.05, 0.1) is 10.6 Å². The van der Waals surface area contributed by atoms with E-state index in [0.29, 0.717) is 22.3 Å². The summed E-state index contributed by atoms with van der Waals surface area (Å²) in [6, 6.07) is 18.5. The highest BCUT2D eigenvalue weighted by Gasteiger charge is 2.29. The molecule has 1 aliphatic carbocycles. The molecule has 0 fully saturated rings. The van der Waals surface area contributed by atoms with Crippen LogP contribution in [-0.2, 0) is 16.3 Å². The largest absolute Gasteiger partial charge is 0.289 e. The molecule has 0 bridgehead atoms. The van der Waals surface area contributed by atoms with Crippen LogP contribution >= 0.6 is 0 Å². The molecule has 0 saturated carbocycles. The molecule has 0 aliphatic heterocycles. The van der Waals surface area contributed by atoms with Crippen molar-refractivity contribution in [1.29, 1.82) is 0 Å². The van der Waals surface area contributed by atoms with Crippen molar-refractivity contribution in [2.75, 3.05) is 5.75 Å². The number of fused-ring (bicyclic) bond motifs is 2. The molecule has 3 aromatic carbocycles. The van der Waals surface area contributed by atoms with E-state index in [2.05, 4.69) is 0 Å². The Bertz CT molecular complexity index is 1210. The van der Waals surface area contributed by atoms with Gasteiger partial charge in [-0.3, -0.25) is 9.59 Å². The van der Waals surface area contributed by atoms with E-state index >= 15 is 0 Å². The number of benzene rings is 3. The minimum Gasteiger partial charge on any atom is -0.289 e. The first-order chi connectivity index (χ1) is 13.4. The maximum Gasteiger partial charge on any atom is 0.194 e. The Balaban J connectivity index is 1.61. The summed E-state index contributed by atoms with van der Waals surface area (Å²) < 4.78 is 25.1. The van der Waals surface area contributed by atoms with Gasteiger partial charge in [0.25, 0.3) is 0 Å². The van der Waals surface area contributed by atoms with Gasteiger partial charge >= 0.3 is 0 Å². The van der Waals surface area contributed by atoms with Crippen LogP contribution in [0.1, 0.15) is 43.0 Å². The van der Waals surface area contributed by atoms with Gasteiger partial charge in [0, 0.05) is 22.3 Å². The molecule has 4 rings (SSSR count). The zero-order valence-electron chi connectivity index (χ0n) is 15.3. The van der Waals surface area contributed by atoms with Gasteiger partial charge in [-0.15, -0.1) is 0 Å². The quantitative estimate of drug-likeness (QED) is 0.532. The van der Waals surface area contributed by atoms with Crippen molar-refractivity contribution in [3.63, 3.8) is 0 Å². The van der Waals surface area contributed by atoms with Crippen LogP contribution in [0.2, 0.25) is 0 Å². The highest BCUT2D eigenvalue weighted by atomic mass is 32.2. The van der Waals surface area contributed by atoms with Crippen LogP contribution in [0.25, 0.3) is 0 Å². The van der Waals surface area contributed by atoms with E-state index < -0.39 is 9.84 Å². The molecular weight excluding hydrogens is 372 g/mol. The number of ketones is 2. The standard InChI is InChI=1S/C23H18O4S/c1-15-6-9-17(10-7-15)28(26,27)13-12-16-8-11-20-21(14-16)23(25)19-5-3-2-4-18(19)22(20)24/h2-11,14H,12-13H2,1H3. The molecule has 3 aromatic rings. The first kappa shape index (κ1) is 18.3. The van der Waals surface area contributed by atoms with Crippen molar-refractivity contribution in [2.24, 2.45) is 0 Å². The Morgan fingerprint density at radius 1 is 0.714 bits per heavy atom. The van der Waals surface area contributed by atoms with Crippen LogP contribution < -0.4 is 0 Å². The van der Waals surface area contributed by atoms with Crippen LogP contribution in [-0.4, -0.2) is 25.7 Å². The van der Waals surface area contributed by atoms with E-state index in [9.17, 15) is 18.0 Å². The summed E-state index contributed by atoms with van der Waals surface area (Å²) in [4.78, 5) is 25.7. The third-order valence-electron chi connectivity index (χ3n) is 5.03. The Labute approximate surface area is 163 Å². The topological polar surface area (TPSA) is 68.3 Å². The number of carbonyl (C=O) groups excluding carboxylic acids is 2. The molecule has 28 heavy (non-hydrogen) atoms. The summed E-state index contributed by atoms with van der Waals surface area (Å²) >= 11 is 0. The van der Waals surface area contributed by atoms with Crippen LogP contribution in [0.4, 0.5) is 0 Å². The lowest BCUT2D eigenvalue weighted by atomic mass is 9.83. The van der Waals surface area contributed by atoms with Gasteiger partial charge in [-0.1, -0.05) is 54.1 Å². The Morgan fingerprint density at radius 2 is 1.29 bits per heavy atom. The molecule has 140 valence electrons. The monoisotopic (exact) mass is 390 g/mol. The summed E-state index contributed by atoms with van der Waals surface area (Å²) in [6.07, 6.45) is 0.270.